The fourth-order valence-electron chi connectivity index (χ4n) is 3.06. The van der Waals surface area contributed by atoms with Crippen LogP contribution in [0.1, 0.15) is 48.7 Å². The molecule has 3 heterocycles. The molecule has 0 aliphatic carbocycles. The average Bonchev–Trinajstić information content (AvgIpc) is 2.84. The van der Waals surface area contributed by atoms with Gasteiger partial charge in [0.2, 0.25) is 0 Å². The third-order valence-electron chi connectivity index (χ3n) is 4.27. The number of aromatic nitrogens is 1. The van der Waals surface area contributed by atoms with Crippen LogP contribution in [0.5, 0.6) is 0 Å². The molecule has 0 saturated carbocycles. The standard InChI is InChI=1S/C16H23N3O2/c1-10(2)14-6-11(7-15(17-3)18-14)16(20)19-8-12-4-5-13(9-19)21-12/h6-7,10,12-13H,4-5,8-9H2,1-3H3,(H,17,18). The predicted molar refractivity (Wildman–Crippen MR) is 81.7 cm³/mol. The van der Waals surface area contributed by atoms with Crippen molar-refractivity contribution in [1.82, 2.24) is 9.88 Å². The Kier molecular flexibility index (Phi) is 3.85. The molecule has 3 rings (SSSR count). The van der Waals surface area contributed by atoms with Gasteiger partial charge in [-0.1, -0.05) is 13.8 Å². The average molecular weight is 289 g/mol. The molecule has 2 fully saturated rings. The van der Waals surface area contributed by atoms with Crippen molar-refractivity contribution in [1.29, 1.82) is 0 Å². The Bertz CT molecular complexity index is 532. The fraction of sp³-hybridized carbons (Fsp3) is 0.625. The summed E-state index contributed by atoms with van der Waals surface area (Å²) in [7, 11) is 1.83. The van der Waals surface area contributed by atoms with E-state index in [4.69, 9.17) is 4.74 Å². The lowest BCUT2D eigenvalue weighted by Gasteiger charge is -2.32. The maximum Gasteiger partial charge on any atom is 0.254 e. The van der Waals surface area contributed by atoms with Crippen molar-refractivity contribution in [2.75, 3.05) is 25.5 Å². The fourth-order valence-corrected chi connectivity index (χ4v) is 3.06. The summed E-state index contributed by atoms with van der Waals surface area (Å²) in [5.41, 5.74) is 1.67. The van der Waals surface area contributed by atoms with Gasteiger partial charge in [-0.3, -0.25) is 4.79 Å². The van der Waals surface area contributed by atoms with Gasteiger partial charge in [-0.15, -0.1) is 0 Å². The maximum atomic E-state index is 12.8. The summed E-state index contributed by atoms with van der Waals surface area (Å²) < 4.78 is 5.80. The number of hydrogen-bond acceptors (Lipinski definition) is 4. The second kappa shape index (κ2) is 5.64. The van der Waals surface area contributed by atoms with E-state index < -0.39 is 0 Å². The van der Waals surface area contributed by atoms with Gasteiger partial charge < -0.3 is 15.0 Å². The van der Waals surface area contributed by atoms with E-state index in [1.54, 1.807) is 0 Å². The lowest BCUT2D eigenvalue weighted by molar-refractivity contribution is -0.0303. The zero-order chi connectivity index (χ0) is 15.0. The molecule has 5 heteroatoms. The first kappa shape index (κ1) is 14.3. The van der Waals surface area contributed by atoms with E-state index in [1.165, 1.54) is 0 Å². The van der Waals surface area contributed by atoms with Crippen LogP contribution in [0.25, 0.3) is 0 Å². The number of rotatable bonds is 3. The van der Waals surface area contributed by atoms with Gasteiger partial charge in [0.1, 0.15) is 5.82 Å². The van der Waals surface area contributed by atoms with Gasteiger partial charge in [0.15, 0.2) is 0 Å². The molecular weight excluding hydrogens is 266 g/mol. The number of fused-ring (bicyclic) bond motifs is 2. The van der Waals surface area contributed by atoms with E-state index in [1.807, 2.05) is 24.1 Å². The monoisotopic (exact) mass is 289 g/mol. The summed E-state index contributed by atoms with van der Waals surface area (Å²) in [5, 5.41) is 3.04. The van der Waals surface area contributed by atoms with Crippen LogP contribution >= 0.6 is 0 Å². The van der Waals surface area contributed by atoms with E-state index in [-0.39, 0.29) is 18.1 Å². The van der Waals surface area contributed by atoms with Gasteiger partial charge in [-0.25, -0.2) is 4.98 Å². The van der Waals surface area contributed by atoms with Crippen LogP contribution < -0.4 is 5.32 Å². The topological polar surface area (TPSA) is 54.5 Å². The summed E-state index contributed by atoms with van der Waals surface area (Å²) in [5.74, 6) is 1.14. The predicted octanol–water partition coefficient (Wildman–Crippen LogP) is 2.25. The van der Waals surface area contributed by atoms with Crippen LogP contribution in [-0.4, -0.2) is 48.1 Å². The Morgan fingerprint density at radius 1 is 1.33 bits per heavy atom. The van der Waals surface area contributed by atoms with Gasteiger partial charge >= 0.3 is 0 Å². The Labute approximate surface area is 125 Å². The molecule has 5 nitrogen and oxygen atoms in total. The Morgan fingerprint density at radius 3 is 2.57 bits per heavy atom. The summed E-state index contributed by atoms with van der Waals surface area (Å²) in [4.78, 5) is 19.2. The largest absolute Gasteiger partial charge is 0.373 e. The smallest absolute Gasteiger partial charge is 0.254 e. The lowest BCUT2D eigenvalue weighted by atomic mass is 10.1. The molecule has 21 heavy (non-hydrogen) atoms. The maximum absolute atomic E-state index is 12.8. The SMILES string of the molecule is CNc1cc(C(=O)N2CC3CCC(C2)O3)cc(C(C)C)n1. The van der Waals surface area contributed by atoms with E-state index in [0.29, 0.717) is 19.0 Å². The second-order valence-electron chi connectivity index (χ2n) is 6.24. The third-order valence-corrected chi connectivity index (χ3v) is 4.27. The Balaban J connectivity index is 1.85. The highest BCUT2D eigenvalue weighted by molar-refractivity contribution is 5.95. The van der Waals surface area contributed by atoms with Gasteiger partial charge in [0, 0.05) is 31.4 Å². The molecule has 0 spiro atoms. The van der Waals surface area contributed by atoms with Gasteiger partial charge in [-0.2, -0.15) is 0 Å². The molecule has 2 atom stereocenters. The van der Waals surface area contributed by atoms with Crippen molar-refractivity contribution in [3.63, 3.8) is 0 Å². The van der Waals surface area contributed by atoms with Gasteiger partial charge in [0.05, 0.1) is 12.2 Å². The quantitative estimate of drug-likeness (QED) is 0.927. The van der Waals surface area contributed by atoms with Crippen molar-refractivity contribution < 1.29 is 9.53 Å². The number of nitrogens with one attached hydrogen (secondary N) is 1. The second-order valence-corrected chi connectivity index (χ2v) is 6.24. The number of likely N-dealkylation sites (tertiary alicyclic amines) is 1. The first-order valence-corrected chi connectivity index (χ1v) is 7.71. The minimum atomic E-state index is 0.0935. The van der Waals surface area contributed by atoms with Crippen LogP contribution in [0.15, 0.2) is 12.1 Å². The van der Waals surface area contributed by atoms with Crippen LogP contribution in [-0.2, 0) is 4.74 Å². The number of carbonyl (C=O) groups is 1. The zero-order valence-corrected chi connectivity index (χ0v) is 12.9. The van der Waals surface area contributed by atoms with Crippen molar-refractivity contribution in [3.8, 4) is 0 Å². The molecule has 1 N–H and O–H groups in total. The molecule has 2 bridgehead atoms. The molecular formula is C16H23N3O2. The molecule has 1 aromatic heterocycles. The number of anilines is 1. The molecule has 2 unspecified atom stereocenters. The minimum absolute atomic E-state index is 0.0935. The first-order chi connectivity index (χ1) is 10.1. The molecule has 2 saturated heterocycles. The van der Waals surface area contributed by atoms with Crippen LogP contribution in [0.3, 0.4) is 0 Å². The molecule has 1 amide bonds. The highest BCUT2D eigenvalue weighted by Crippen LogP contribution is 2.28. The van der Waals surface area contributed by atoms with Gasteiger partial charge in [0.25, 0.3) is 5.91 Å². The summed E-state index contributed by atoms with van der Waals surface area (Å²) >= 11 is 0. The summed E-state index contributed by atoms with van der Waals surface area (Å²) in [6.07, 6.45) is 2.60. The number of ether oxygens (including phenoxy) is 1. The highest BCUT2D eigenvalue weighted by atomic mass is 16.5. The Morgan fingerprint density at radius 2 is 2.00 bits per heavy atom. The lowest BCUT2D eigenvalue weighted by Crippen LogP contribution is -2.45. The Hall–Kier alpha value is -1.62. The number of hydrogen-bond donors (Lipinski definition) is 1. The third kappa shape index (κ3) is 2.88. The summed E-state index contributed by atoms with van der Waals surface area (Å²) in [6.45, 7) is 5.60. The van der Waals surface area contributed by atoms with Crippen molar-refractivity contribution in [2.24, 2.45) is 0 Å². The minimum Gasteiger partial charge on any atom is -0.373 e. The molecule has 2 aliphatic rings. The number of amides is 1. The summed E-state index contributed by atoms with van der Waals surface area (Å²) in [6, 6.07) is 3.76. The molecule has 0 radical (unpaired) electrons. The highest BCUT2D eigenvalue weighted by Gasteiger charge is 2.36. The normalized spacial score (nSPS) is 24.5. The van der Waals surface area contributed by atoms with E-state index in [2.05, 4.69) is 24.1 Å². The van der Waals surface area contributed by atoms with E-state index >= 15 is 0 Å². The van der Waals surface area contributed by atoms with Crippen molar-refractivity contribution in [2.45, 2.75) is 44.8 Å². The van der Waals surface area contributed by atoms with Crippen molar-refractivity contribution in [3.05, 3.63) is 23.4 Å². The molecule has 0 aromatic carbocycles. The van der Waals surface area contributed by atoms with Crippen LogP contribution in [0.2, 0.25) is 0 Å². The zero-order valence-electron chi connectivity index (χ0n) is 12.9. The molecule has 1 aromatic rings. The van der Waals surface area contributed by atoms with Crippen LogP contribution in [0, 0.1) is 0 Å². The van der Waals surface area contributed by atoms with Crippen molar-refractivity contribution >= 4 is 11.7 Å². The molecule has 2 aliphatic heterocycles. The molecule has 114 valence electrons. The van der Waals surface area contributed by atoms with Gasteiger partial charge in [-0.05, 0) is 30.9 Å². The van der Waals surface area contributed by atoms with E-state index in [0.717, 1.165) is 29.9 Å². The number of morpholine rings is 1. The number of pyridine rings is 1. The number of nitrogens with zero attached hydrogens (tertiary/aromatic N) is 2. The van der Waals surface area contributed by atoms with Crippen LogP contribution in [0.4, 0.5) is 5.82 Å². The first-order valence-electron chi connectivity index (χ1n) is 7.71. The number of carbonyl (C=O) groups excluding carboxylic acids is 1. The van der Waals surface area contributed by atoms with E-state index in [9.17, 15) is 4.79 Å².